The third kappa shape index (κ3) is 4.64. The molecule has 0 atom stereocenters. The van der Waals surface area contributed by atoms with Gasteiger partial charge in [-0.1, -0.05) is 13.8 Å². The van der Waals surface area contributed by atoms with E-state index < -0.39 is 0 Å². The van der Waals surface area contributed by atoms with Crippen molar-refractivity contribution in [3.8, 4) is 0 Å². The van der Waals surface area contributed by atoms with E-state index in [9.17, 15) is 9.59 Å². The van der Waals surface area contributed by atoms with Gasteiger partial charge in [-0.25, -0.2) is 0 Å². The summed E-state index contributed by atoms with van der Waals surface area (Å²) in [5, 5.41) is 2.97. The largest absolute Gasteiger partial charge is 0.339 e. The van der Waals surface area contributed by atoms with Crippen LogP contribution in [-0.4, -0.2) is 61.4 Å². The zero-order valence-electron chi connectivity index (χ0n) is 11.7. The number of nitrogens with one attached hydrogen (secondary N) is 1. The minimum Gasteiger partial charge on any atom is -0.339 e. The van der Waals surface area contributed by atoms with Gasteiger partial charge in [0.25, 0.3) is 0 Å². The molecule has 1 rings (SSSR count). The van der Waals surface area contributed by atoms with Crippen LogP contribution in [0.4, 0.5) is 0 Å². The van der Waals surface area contributed by atoms with Gasteiger partial charge in [0.05, 0.1) is 0 Å². The normalized spacial score (nSPS) is 16.2. The van der Waals surface area contributed by atoms with Gasteiger partial charge in [0, 0.05) is 45.6 Å². The lowest BCUT2D eigenvalue weighted by molar-refractivity contribution is -0.139. The molecular weight excluding hydrogens is 230 g/mol. The smallest absolute Gasteiger partial charge is 0.223 e. The molecule has 5 nitrogen and oxygen atoms in total. The molecule has 1 heterocycles. The second-order valence-corrected chi connectivity index (χ2v) is 5.21. The summed E-state index contributed by atoms with van der Waals surface area (Å²) in [5.41, 5.74) is 0. The highest BCUT2D eigenvalue weighted by atomic mass is 16.2. The average molecular weight is 255 g/mol. The van der Waals surface area contributed by atoms with E-state index in [2.05, 4.69) is 19.2 Å². The Kier molecular flexibility index (Phi) is 6.12. The third-order valence-corrected chi connectivity index (χ3v) is 3.16. The molecule has 1 aliphatic rings. The topological polar surface area (TPSA) is 52.7 Å². The van der Waals surface area contributed by atoms with Gasteiger partial charge >= 0.3 is 0 Å². The van der Waals surface area contributed by atoms with Crippen molar-refractivity contribution in [3.63, 3.8) is 0 Å². The van der Waals surface area contributed by atoms with E-state index in [1.54, 1.807) is 0 Å². The summed E-state index contributed by atoms with van der Waals surface area (Å²) < 4.78 is 0. The summed E-state index contributed by atoms with van der Waals surface area (Å²) in [7, 11) is 1.84. The van der Waals surface area contributed by atoms with Crippen molar-refractivity contribution < 1.29 is 9.59 Å². The standard InChI is InChI=1S/C13H25N3O2/c1-11(2)10-13(18)16-8-6-15(7-9-16)12(17)4-5-14-3/h11,14H,4-10H2,1-3H3. The zero-order chi connectivity index (χ0) is 13.5. The van der Waals surface area contributed by atoms with Crippen LogP contribution in [0.5, 0.6) is 0 Å². The lowest BCUT2D eigenvalue weighted by Gasteiger charge is -2.35. The van der Waals surface area contributed by atoms with E-state index >= 15 is 0 Å². The monoisotopic (exact) mass is 255 g/mol. The van der Waals surface area contributed by atoms with Gasteiger partial charge in [-0.05, 0) is 13.0 Å². The number of hydrogen-bond acceptors (Lipinski definition) is 3. The highest BCUT2D eigenvalue weighted by Gasteiger charge is 2.23. The van der Waals surface area contributed by atoms with Crippen LogP contribution in [0.15, 0.2) is 0 Å². The van der Waals surface area contributed by atoms with Crippen molar-refractivity contribution in [2.45, 2.75) is 26.7 Å². The first kappa shape index (κ1) is 15.0. The van der Waals surface area contributed by atoms with Crippen molar-refractivity contribution >= 4 is 11.8 Å². The Morgan fingerprint density at radius 3 is 2.00 bits per heavy atom. The molecule has 0 spiro atoms. The molecule has 0 unspecified atom stereocenters. The molecule has 1 saturated heterocycles. The highest BCUT2D eigenvalue weighted by Crippen LogP contribution is 2.08. The molecule has 0 aromatic carbocycles. The van der Waals surface area contributed by atoms with Gasteiger partial charge in [0.15, 0.2) is 0 Å². The van der Waals surface area contributed by atoms with Crippen molar-refractivity contribution in [2.75, 3.05) is 39.8 Å². The predicted molar refractivity (Wildman–Crippen MR) is 71.2 cm³/mol. The van der Waals surface area contributed by atoms with Crippen LogP contribution in [0.1, 0.15) is 26.7 Å². The number of piperazine rings is 1. The molecule has 2 amide bonds. The lowest BCUT2D eigenvalue weighted by Crippen LogP contribution is -2.51. The maximum absolute atomic E-state index is 11.9. The van der Waals surface area contributed by atoms with Gasteiger partial charge < -0.3 is 15.1 Å². The minimum absolute atomic E-state index is 0.181. The van der Waals surface area contributed by atoms with Gasteiger partial charge in [0.2, 0.25) is 11.8 Å². The number of amides is 2. The summed E-state index contributed by atoms with van der Waals surface area (Å²) in [4.78, 5) is 27.4. The van der Waals surface area contributed by atoms with Gasteiger partial charge in [-0.2, -0.15) is 0 Å². The molecular formula is C13H25N3O2. The van der Waals surface area contributed by atoms with E-state index in [-0.39, 0.29) is 11.8 Å². The third-order valence-electron chi connectivity index (χ3n) is 3.16. The Morgan fingerprint density at radius 2 is 1.56 bits per heavy atom. The maximum Gasteiger partial charge on any atom is 0.223 e. The minimum atomic E-state index is 0.181. The summed E-state index contributed by atoms with van der Waals surface area (Å²) in [5.74, 6) is 0.792. The first-order chi connectivity index (χ1) is 8.54. The molecule has 0 aromatic rings. The van der Waals surface area contributed by atoms with Crippen LogP contribution in [0.25, 0.3) is 0 Å². The zero-order valence-corrected chi connectivity index (χ0v) is 11.7. The SMILES string of the molecule is CNCCC(=O)N1CCN(C(=O)CC(C)C)CC1. The average Bonchev–Trinajstić information content (AvgIpc) is 2.35. The Labute approximate surface area is 110 Å². The van der Waals surface area contributed by atoms with E-state index in [1.807, 2.05) is 16.8 Å². The Balaban J connectivity index is 2.32. The first-order valence-corrected chi connectivity index (χ1v) is 6.74. The quantitative estimate of drug-likeness (QED) is 0.769. The number of nitrogens with zero attached hydrogens (tertiary/aromatic N) is 2. The van der Waals surface area contributed by atoms with Gasteiger partial charge in [-0.3, -0.25) is 9.59 Å². The number of carbonyl (C=O) groups is 2. The molecule has 1 aliphatic heterocycles. The van der Waals surface area contributed by atoms with Crippen molar-refractivity contribution in [3.05, 3.63) is 0 Å². The number of hydrogen-bond donors (Lipinski definition) is 1. The molecule has 1 fully saturated rings. The van der Waals surface area contributed by atoms with Crippen LogP contribution in [0.3, 0.4) is 0 Å². The molecule has 104 valence electrons. The van der Waals surface area contributed by atoms with Crippen molar-refractivity contribution in [2.24, 2.45) is 5.92 Å². The molecule has 0 bridgehead atoms. The van der Waals surface area contributed by atoms with Crippen molar-refractivity contribution in [1.82, 2.24) is 15.1 Å². The summed E-state index contributed by atoms with van der Waals surface area (Å²) in [6.07, 6.45) is 1.14. The van der Waals surface area contributed by atoms with Crippen LogP contribution in [0.2, 0.25) is 0 Å². The van der Waals surface area contributed by atoms with Gasteiger partial charge in [0.1, 0.15) is 0 Å². The molecule has 0 radical (unpaired) electrons. The van der Waals surface area contributed by atoms with E-state index in [0.717, 1.165) is 0 Å². The fraction of sp³-hybridized carbons (Fsp3) is 0.846. The van der Waals surface area contributed by atoms with Crippen LogP contribution >= 0.6 is 0 Å². The molecule has 5 heteroatoms. The molecule has 0 aliphatic carbocycles. The van der Waals surface area contributed by atoms with E-state index in [4.69, 9.17) is 0 Å². The molecule has 18 heavy (non-hydrogen) atoms. The fourth-order valence-electron chi connectivity index (χ4n) is 2.07. The summed E-state index contributed by atoms with van der Waals surface area (Å²) >= 11 is 0. The molecule has 1 N–H and O–H groups in total. The van der Waals surface area contributed by atoms with Crippen LogP contribution < -0.4 is 5.32 Å². The Hall–Kier alpha value is -1.10. The number of rotatable bonds is 5. The summed E-state index contributed by atoms with van der Waals surface area (Å²) in [6, 6.07) is 0. The Morgan fingerprint density at radius 1 is 1.06 bits per heavy atom. The summed E-state index contributed by atoms with van der Waals surface area (Å²) in [6.45, 7) is 7.52. The van der Waals surface area contributed by atoms with Crippen molar-refractivity contribution in [1.29, 1.82) is 0 Å². The second kappa shape index (κ2) is 7.36. The van der Waals surface area contributed by atoms with E-state index in [0.29, 0.717) is 51.5 Å². The second-order valence-electron chi connectivity index (χ2n) is 5.21. The molecule has 0 aromatic heterocycles. The predicted octanol–water partition coefficient (Wildman–Crippen LogP) is 0.313. The highest BCUT2D eigenvalue weighted by molar-refractivity contribution is 5.78. The van der Waals surface area contributed by atoms with Crippen LogP contribution in [0, 0.1) is 5.92 Å². The Bertz CT molecular complexity index is 284. The first-order valence-electron chi connectivity index (χ1n) is 6.74. The fourth-order valence-corrected chi connectivity index (χ4v) is 2.07. The van der Waals surface area contributed by atoms with Crippen LogP contribution in [-0.2, 0) is 9.59 Å². The maximum atomic E-state index is 11.9. The molecule has 0 saturated carbocycles. The number of carbonyl (C=O) groups excluding carboxylic acids is 2. The lowest BCUT2D eigenvalue weighted by atomic mass is 10.1. The van der Waals surface area contributed by atoms with E-state index in [1.165, 1.54) is 0 Å². The van der Waals surface area contributed by atoms with Gasteiger partial charge in [-0.15, -0.1) is 0 Å².